The molecule has 0 unspecified atom stereocenters. The number of hydrogen-bond donors (Lipinski definition) is 1. The topological polar surface area (TPSA) is 79.0 Å². The molecule has 1 aliphatic heterocycles. The van der Waals surface area contributed by atoms with Crippen LogP contribution in [-0.4, -0.2) is 51.9 Å². The number of nitrogens with zero attached hydrogens (tertiary/aromatic N) is 2. The van der Waals surface area contributed by atoms with E-state index in [9.17, 15) is 13.2 Å². The minimum atomic E-state index is -3.77. The molecule has 1 aromatic heterocycles. The van der Waals surface area contributed by atoms with Crippen molar-refractivity contribution in [2.75, 3.05) is 43.5 Å². The van der Waals surface area contributed by atoms with Gasteiger partial charge in [-0.1, -0.05) is 24.3 Å². The highest BCUT2D eigenvalue weighted by atomic mass is 32.2. The third kappa shape index (κ3) is 4.58. The Morgan fingerprint density at radius 2 is 1.74 bits per heavy atom. The van der Waals surface area contributed by atoms with Crippen molar-refractivity contribution in [3.8, 4) is 5.75 Å². The molecule has 0 bridgehead atoms. The number of rotatable bonds is 6. The lowest BCUT2D eigenvalue weighted by Gasteiger charge is -2.35. The van der Waals surface area contributed by atoms with Crippen LogP contribution in [0.3, 0.4) is 0 Å². The van der Waals surface area contributed by atoms with Gasteiger partial charge in [0.2, 0.25) is 10.0 Å². The van der Waals surface area contributed by atoms with Crippen molar-refractivity contribution >= 4 is 38.6 Å². The molecule has 1 aliphatic rings. The number of nitrogens with one attached hydrogen (secondary N) is 1. The number of sulfonamides is 1. The molecular weight excluding hydrogens is 434 g/mol. The van der Waals surface area contributed by atoms with Gasteiger partial charge in [0.25, 0.3) is 5.91 Å². The summed E-state index contributed by atoms with van der Waals surface area (Å²) >= 11 is 1.13. The first kappa shape index (κ1) is 21.4. The van der Waals surface area contributed by atoms with Crippen molar-refractivity contribution in [2.45, 2.75) is 4.90 Å². The number of benzene rings is 2. The number of hydrogen-bond acceptors (Lipinski definition) is 6. The zero-order chi connectivity index (χ0) is 21.8. The van der Waals surface area contributed by atoms with Crippen molar-refractivity contribution in [3.05, 3.63) is 70.9 Å². The van der Waals surface area contributed by atoms with Crippen molar-refractivity contribution in [3.63, 3.8) is 0 Å². The number of amides is 1. The average molecular weight is 458 g/mol. The van der Waals surface area contributed by atoms with E-state index in [1.165, 1.54) is 10.4 Å². The van der Waals surface area contributed by atoms with Crippen molar-refractivity contribution in [1.82, 2.24) is 4.31 Å². The van der Waals surface area contributed by atoms with Crippen LogP contribution in [0.15, 0.2) is 70.9 Å². The van der Waals surface area contributed by atoms with E-state index in [0.29, 0.717) is 31.9 Å². The van der Waals surface area contributed by atoms with Crippen LogP contribution in [0.4, 0.5) is 11.4 Å². The van der Waals surface area contributed by atoms with Gasteiger partial charge in [0.05, 0.1) is 7.11 Å². The highest BCUT2D eigenvalue weighted by Crippen LogP contribution is 2.28. The Morgan fingerprint density at radius 1 is 1.00 bits per heavy atom. The molecule has 9 heteroatoms. The number of methoxy groups -OCH3 is 1. The molecule has 1 amide bonds. The Balaban J connectivity index is 1.47. The second-order valence-corrected chi connectivity index (χ2v) is 9.85. The molecule has 7 nitrogen and oxygen atoms in total. The molecule has 0 spiro atoms. The molecule has 0 atom stereocenters. The van der Waals surface area contributed by atoms with E-state index in [0.717, 1.165) is 22.8 Å². The Morgan fingerprint density at radius 3 is 2.45 bits per heavy atom. The van der Waals surface area contributed by atoms with Crippen LogP contribution in [0.1, 0.15) is 9.67 Å². The number of carbonyl (C=O) groups is 1. The Labute approximate surface area is 185 Å². The van der Waals surface area contributed by atoms with Gasteiger partial charge in [-0.2, -0.15) is 4.31 Å². The minimum Gasteiger partial charge on any atom is -0.497 e. The number of thiophene rings is 1. The maximum atomic E-state index is 13.3. The van der Waals surface area contributed by atoms with Crippen molar-refractivity contribution in [1.29, 1.82) is 0 Å². The zero-order valence-electron chi connectivity index (χ0n) is 17.0. The molecule has 0 radical (unpaired) electrons. The van der Waals surface area contributed by atoms with Crippen LogP contribution < -0.4 is 15.0 Å². The molecule has 2 heterocycles. The molecule has 0 aliphatic carbocycles. The molecule has 162 valence electrons. The van der Waals surface area contributed by atoms with Gasteiger partial charge in [0.1, 0.15) is 15.5 Å². The van der Waals surface area contributed by atoms with Crippen molar-refractivity contribution < 1.29 is 17.9 Å². The lowest BCUT2D eigenvalue weighted by atomic mass is 10.2. The summed E-state index contributed by atoms with van der Waals surface area (Å²) in [6.45, 7) is 1.80. The second-order valence-electron chi connectivity index (χ2n) is 7.03. The molecule has 1 fully saturated rings. The molecule has 31 heavy (non-hydrogen) atoms. The van der Waals surface area contributed by atoms with Crippen LogP contribution in [-0.2, 0) is 10.0 Å². The van der Waals surface area contributed by atoms with E-state index >= 15 is 0 Å². The van der Waals surface area contributed by atoms with Crippen LogP contribution in [0.25, 0.3) is 0 Å². The van der Waals surface area contributed by atoms with E-state index < -0.39 is 15.9 Å². The number of para-hydroxylation sites is 1. The zero-order valence-corrected chi connectivity index (χ0v) is 18.7. The lowest BCUT2D eigenvalue weighted by Crippen LogP contribution is -2.48. The van der Waals surface area contributed by atoms with Gasteiger partial charge in [0, 0.05) is 43.6 Å². The Bertz CT molecular complexity index is 1150. The average Bonchev–Trinajstić information content (AvgIpc) is 3.31. The van der Waals surface area contributed by atoms with E-state index in [4.69, 9.17) is 4.74 Å². The SMILES string of the molecule is COc1cccc(N2CCN(S(=O)(=O)c3ccsc3C(=O)Nc3ccccc3)CC2)c1. The first-order chi connectivity index (χ1) is 15.0. The fourth-order valence-electron chi connectivity index (χ4n) is 3.51. The fraction of sp³-hybridized carbons (Fsp3) is 0.227. The van der Waals surface area contributed by atoms with Gasteiger partial charge in [-0.05, 0) is 35.7 Å². The predicted molar refractivity (Wildman–Crippen MR) is 123 cm³/mol. The van der Waals surface area contributed by atoms with E-state index in [1.807, 2.05) is 42.5 Å². The number of ether oxygens (including phenoxy) is 1. The van der Waals surface area contributed by atoms with E-state index in [-0.39, 0.29) is 9.77 Å². The quantitative estimate of drug-likeness (QED) is 0.613. The van der Waals surface area contributed by atoms with Crippen LogP contribution in [0.5, 0.6) is 5.75 Å². The van der Waals surface area contributed by atoms with Gasteiger partial charge in [-0.3, -0.25) is 4.79 Å². The number of anilines is 2. The largest absolute Gasteiger partial charge is 0.497 e. The number of carbonyl (C=O) groups excluding carboxylic acids is 1. The summed E-state index contributed by atoms with van der Waals surface area (Å²) in [5, 5.41) is 4.41. The molecule has 2 aromatic carbocycles. The highest BCUT2D eigenvalue weighted by molar-refractivity contribution is 7.89. The second kappa shape index (κ2) is 9.09. The summed E-state index contributed by atoms with van der Waals surface area (Å²) in [7, 11) is -2.15. The van der Waals surface area contributed by atoms with Gasteiger partial charge in [-0.25, -0.2) is 8.42 Å². The molecular formula is C22H23N3O4S2. The third-order valence-corrected chi connectivity index (χ3v) is 8.13. The molecule has 4 rings (SSSR count). The Kier molecular flexibility index (Phi) is 6.26. The minimum absolute atomic E-state index is 0.0563. The van der Waals surface area contributed by atoms with Gasteiger partial charge < -0.3 is 15.0 Å². The molecule has 0 saturated carbocycles. The normalized spacial score (nSPS) is 14.9. The van der Waals surface area contributed by atoms with E-state index in [2.05, 4.69) is 10.2 Å². The monoisotopic (exact) mass is 457 g/mol. The van der Waals surface area contributed by atoms with Crippen LogP contribution >= 0.6 is 11.3 Å². The number of piperazine rings is 1. The highest BCUT2D eigenvalue weighted by Gasteiger charge is 2.32. The predicted octanol–water partition coefficient (Wildman–Crippen LogP) is 3.52. The Hall–Kier alpha value is -2.88. The first-order valence-corrected chi connectivity index (χ1v) is 12.1. The summed E-state index contributed by atoms with van der Waals surface area (Å²) < 4.78 is 33.3. The molecule has 1 saturated heterocycles. The van der Waals surface area contributed by atoms with Gasteiger partial charge in [-0.15, -0.1) is 11.3 Å². The maximum Gasteiger partial charge on any atom is 0.267 e. The van der Waals surface area contributed by atoms with Crippen molar-refractivity contribution in [2.24, 2.45) is 0 Å². The van der Waals surface area contributed by atoms with E-state index in [1.54, 1.807) is 24.6 Å². The smallest absolute Gasteiger partial charge is 0.267 e. The summed E-state index contributed by atoms with van der Waals surface area (Å²) in [6.07, 6.45) is 0. The summed E-state index contributed by atoms with van der Waals surface area (Å²) in [5.74, 6) is 0.342. The molecule has 1 N–H and O–H groups in total. The van der Waals surface area contributed by atoms with Crippen LogP contribution in [0.2, 0.25) is 0 Å². The maximum absolute atomic E-state index is 13.3. The lowest BCUT2D eigenvalue weighted by molar-refractivity contribution is 0.102. The standard InChI is InChI=1S/C22H23N3O4S2/c1-29-19-9-5-8-18(16-19)24-11-13-25(14-12-24)31(27,28)20-10-15-30-21(20)22(26)23-17-6-3-2-4-7-17/h2-10,15-16H,11-14H2,1H3,(H,23,26). The summed E-state index contributed by atoms with van der Waals surface area (Å²) in [5.41, 5.74) is 1.62. The van der Waals surface area contributed by atoms with Gasteiger partial charge >= 0.3 is 0 Å². The van der Waals surface area contributed by atoms with Crippen LogP contribution in [0, 0.1) is 0 Å². The first-order valence-electron chi connectivity index (χ1n) is 9.82. The fourth-order valence-corrected chi connectivity index (χ4v) is 6.23. The van der Waals surface area contributed by atoms with Gasteiger partial charge in [0.15, 0.2) is 0 Å². The third-order valence-electron chi connectivity index (χ3n) is 5.14. The summed E-state index contributed by atoms with van der Waals surface area (Å²) in [4.78, 5) is 15.1. The molecule has 3 aromatic rings. The summed E-state index contributed by atoms with van der Waals surface area (Å²) in [6, 6.07) is 18.2.